The van der Waals surface area contributed by atoms with Gasteiger partial charge in [0.15, 0.2) is 0 Å². The standard InChI is InChI=1S/C13H13ClF3N3O3S2/c1-8-9(14)3-2-4-10(8)25(21,22)20-12-18-11(19-24-12)5-6-23-7-13(15,16)17/h2-4H,5-7H2,1H3,(H,18,19,20). The number of nitrogens with zero attached hydrogens (tertiary/aromatic N) is 2. The largest absolute Gasteiger partial charge is 0.411 e. The molecule has 0 unspecified atom stereocenters. The number of anilines is 1. The molecule has 1 aromatic carbocycles. The number of aromatic nitrogens is 2. The van der Waals surface area contributed by atoms with Gasteiger partial charge in [-0.3, -0.25) is 4.72 Å². The SMILES string of the molecule is Cc1c(Cl)cccc1S(=O)(=O)Nc1nc(CCOCC(F)(F)F)ns1. The maximum absolute atomic E-state index is 12.4. The molecule has 0 aliphatic rings. The molecule has 0 amide bonds. The summed E-state index contributed by atoms with van der Waals surface area (Å²) in [5.41, 5.74) is 0.391. The van der Waals surface area contributed by atoms with Crippen LogP contribution < -0.4 is 4.72 Å². The van der Waals surface area contributed by atoms with Crippen molar-refractivity contribution in [1.82, 2.24) is 9.36 Å². The maximum atomic E-state index is 12.4. The van der Waals surface area contributed by atoms with Gasteiger partial charge in [0.1, 0.15) is 12.4 Å². The molecule has 0 fully saturated rings. The van der Waals surface area contributed by atoms with Crippen molar-refractivity contribution in [3.63, 3.8) is 0 Å². The summed E-state index contributed by atoms with van der Waals surface area (Å²) in [7, 11) is -3.90. The van der Waals surface area contributed by atoms with E-state index in [1.165, 1.54) is 12.1 Å². The van der Waals surface area contributed by atoms with E-state index in [-0.39, 0.29) is 28.9 Å². The molecule has 6 nitrogen and oxygen atoms in total. The predicted octanol–water partition coefficient (Wildman–Crippen LogP) is 3.42. The van der Waals surface area contributed by atoms with Crippen molar-refractivity contribution < 1.29 is 26.3 Å². The minimum absolute atomic E-state index is 0.00481. The molecule has 2 rings (SSSR count). The third-order valence-electron chi connectivity index (χ3n) is 2.93. The Morgan fingerprint density at radius 1 is 1.36 bits per heavy atom. The second-order valence-corrected chi connectivity index (χ2v) is 7.71. The molecule has 0 radical (unpaired) electrons. The molecule has 0 aliphatic heterocycles. The van der Waals surface area contributed by atoms with Crippen LogP contribution in [0.5, 0.6) is 0 Å². The topological polar surface area (TPSA) is 81.2 Å². The summed E-state index contributed by atoms with van der Waals surface area (Å²) in [5, 5.41) is 0.313. The molecule has 0 saturated heterocycles. The van der Waals surface area contributed by atoms with Gasteiger partial charge in [-0.15, -0.1) is 0 Å². The Kier molecular flexibility index (Phi) is 6.25. The first kappa shape index (κ1) is 19.9. The third kappa shape index (κ3) is 5.80. The molecule has 25 heavy (non-hydrogen) atoms. The minimum atomic E-state index is -4.40. The lowest BCUT2D eigenvalue weighted by Crippen LogP contribution is -2.18. The Morgan fingerprint density at radius 2 is 2.08 bits per heavy atom. The monoisotopic (exact) mass is 415 g/mol. The average Bonchev–Trinajstić information content (AvgIpc) is 2.92. The van der Waals surface area contributed by atoms with E-state index in [2.05, 4.69) is 18.8 Å². The van der Waals surface area contributed by atoms with Crippen LogP contribution in [-0.2, 0) is 21.2 Å². The summed E-state index contributed by atoms with van der Waals surface area (Å²) < 4.78 is 71.2. The van der Waals surface area contributed by atoms with Gasteiger partial charge in [0.25, 0.3) is 10.0 Å². The molecule has 1 aromatic heterocycles. The van der Waals surface area contributed by atoms with Crippen LogP contribution in [0, 0.1) is 6.92 Å². The lowest BCUT2D eigenvalue weighted by molar-refractivity contribution is -0.173. The van der Waals surface area contributed by atoms with Crippen LogP contribution >= 0.6 is 23.1 Å². The average molecular weight is 416 g/mol. The summed E-state index contributed by atoms with van der Waals surface area (Å²) in [6, 6.07) is 4.48. The molecule has 12 heteroatoms. The Morgan fingerprint density at radius 3 is 2.76 bits per heavy atom. The number of hydrogen-bond acceptors (Lipinski definition) is 6. The molecule has 0 bridgehead atoms. The van der Waals surface area contributed by atoms with Crippen LogP contribution in [0.1, 0.15) is 11.4 Å². The number of hydrogen-bond donors (Lipinski definition) is 1. The fraction of sp³-hybridized carbons (Fsp3) is 0.385. The molecule has 2 aromatic rings. The van der Waals surface area contributed by atoms with Gasteiger partial charge in [-0.1, -0.05) is 17.7 Å². The van der Waals surface area contributed by atoms with Gasteiger partial charge in [0, 0.05) is 23.0 Å². The van der Waals surface area contributed by atoms with Crippen molar-refractivity contribution in [2.45, 2.75) is 24.4 Å². The number of ether oxygens (including phenoxy) is 1. The molecule has 1 N–H and O–H groups in total. The third-order valence-corrected chi connectivity index (χ3v) is 5.62. The molecule has 0 saturated carbocycles. The van der Waals surface area contributed by atoms with Crippen molar-refractivity contribution in [3.05, 3.63) is 34.6 Å². The molecule has 0 atom stereocenters. The molecular formula is C13H13ClF3N3O3S2. The Balaban J connectivity index is 1.99. The van der Waals surface area contributed by atoms with Gasteiger partial charge < -0.3 is 4.74 Å². The van der Waals surface area contributed by atoms with Crippen LogP contribution in [-0.4, -0.2) is 37.2 Å². The first-order valence-corrected chi connectivity index (χ1v) is 9.47. The number of nitrogens with one attached hydrogen (secondary N) is 1. The highest BCUT2D eigenvalue weighted by atomic mass is 35.5. The summed E-state index contributed by atoms with van der Waals surface area (Å²) >= 11 is 6.70. The van der Waals surface area contributed by atoms with Crippen molar-refractivity contribution >= 4 is 38.3 Å². The van der Waals surface area contributed by atoms with Gasteiger partial charge in [0.2, 0.25) is 5.13 Å². The van der Waals surface area contributed by atoms with Gasteiger partial charge in [-0.2, -0.15) is 17.5 Å². The normalized spacial score (nSPS) is 12.4. The van der Waals surface area contributed by atoms with E-state index < -0.39 is 22.8 Å². The molecular weight excluding hydrogens is 403 g/mol. The van der Waals surface area contributed by atoms with Crippen molar-refractivity contribution in [3.8, 4) is 0 Å². The van der Waals surface area contributed by atoms with Crippen LogP contribution in [0.4, 0.5) is 18.3 Å². The number of sulfonamides is 1. The zero-order valence-corrected chi connectivity index (χ0v) is 15.2. The van der Waals surface area contributed by atoms with E-state index in [1.807, 2.05) is 0 Å². The van der Waals surface area contributed by atoms with Gasteiger partial charge >= 0.3 is 6.18 Å². The molecule has 0 spiro atoms. The van der Waals surface area contributed by atoms with Gasteiger partial charge in [-0.25, -0.2) is 13.4 Å². The smallest absolute Gasteiger partial charge is 0.372 e. The lowest BCUT2D eigenvalue weighted by atomic mass is 10.2. The fourth-order valence-corrected chi connectivity index (χ4v) is 4.13. The second-order valence-electron chi connectivity index (χ2n) is 4.90. The van der Waals surface area contributed by atoms with E-state index in [0.717, 1.165) is 11.5 Å². The number of rotatable bonds is 7. The van der Waals surface area contributed by atoms with Crippen LogP contribution in [0.15, 0.2) is 23.1 Å². The van der Waals surface area contributed by atoms with E-state index in [9.17, 15) is 21.6 Å². The molecule has 1 heterocycles. The lowest BCUT2D eigenvalue weighted by Gasteiger charge is -2.08. The second kappa shape index (κ2) is 7.85. The van der Waals surface area contributed by atoms with Crippen LogP contribution in [0.3, 0.4) is 0 Å². The zero-order chi connectivity index (χ0) is 18.7. The predicted molar refractivity (Wildman–Crippen MR) is 87.5 cm³/mol. The number of halogens is 4. The van der Waals surface area contributed by atoms with Crippen molar-refractivity contribution in [2.24, 2.45) is 0 Å². The Hall–Kier alpha value is -1.43. The first-order chi connectivity index (χ1) is 11.6. The van der Waals surface area contributed by atoms with Gasteiger partial charge in [0.05, 0.1) is 11.5 Å². The van der Waals surface area contributed by atoms with E-state index in [1.54, 1.807) is 13.0 Å². The highest BCUT2D eigenvalue weighted by Gasteiger charge is 2.27. The molecule has 0 aliphatic carbocycles. The number of alkyl halides is 3. The zero-order valence-electron chi connectivity index (χ0n) is 12.8. The first-order valence-electron chi connectivity index (χ1n) is 6.83. The summed E-state index contributed by atoms with van der Waals surface area (Å²) in [5.74, 6) is 0.188. The van der Waals surface area contributed by atoms with Crippen LogP contribution in [0.2, 0.25) is 5.02 Å². The Labute approximate surface area is 151 Å². The maximum Gasteiger partial charge on any atom is 0.411 e. The fourth-order valence-electron chi connectivity index (χ4n) is 1.80. The van der Waals surface area contributed by atoms with Gasteiger partial charge in [-0.05, 0) is 24.6 Å². The molecule has 138 valence electrons. The van der Waals surface area contributed by atoms with Crippen molar-refractivity contribution in [2.75, 3.05) is 17.9 Å². The summed E-state index contributed by atoms with van der Waals surface area (Å²) in [6.45, 7) is -0.0130. The van der Waals surface area contributed by atoms with E-state index in [0.29, 0.717) is 10.6 Å². The Bertz CT molecular complexity index is 841. The highest BCUT2D eigenvalue weighted by molar-refractivity contribution is 7.93. The van der Waals surface area contributed by atoms with Crippen molar-refractivity contribution in [1.29, 1.82) is 0 Å². The summed E-state index contributed by atoms with van der Waals surface area (Å²) in [6.07, 6.45) is -4.37. The van der Waals surface area contributed by atoms with E-state index in [4.69, 9.17) is 11.6 Å². The number of benzene rings is 1. The summed E-state index contributed by atoms with van der Waals surface area (Å²) in [4.78, 5) is 3.93. The highest BCUT2D eigenvalue weighted by Crippen LogP contribution is 2.25. The minimum Gasteiger partial charge on any atom is -0.372 e. The van der Waals surface area contributed by atoms with Crippen LogP contribution in [0.25, 0.3) is 0 Å². The quantitative estimate of drug-likeness (QED) is 0.701. The van der Waals surface area contributed by atoms with E-state index >= 15 is 0 Å².